The van der Waals surface area contributed by atoms with E-state index in [0.29, 0.717) is 6.04 Å². The smallest absolute Gasteiger partial charge is 0.0575 e. The number of nitrogens with one attached hydrogen (secondary N) is 1. The molecule has 2 heteroatoms. The fraction of sp³-hybridized carbons (Fsp3) is 0.833. The van der Waals surface area contributed by atoms with Crippen molar-refractivity contribution in [3.8, 4) is 12.3 Å². The van der Waals surface area contributed by atoms with Gasteiger partial charge in [0.1, 0.15) is 0 Å². The van der Waals surface area contributed by atoms with Crippen LogP contribution in [-0.4, -0.2) is 36.6 Å². The summed E-state index contributed by atoms with van der Waals surface area (Å²) in [5.74, 6) is 2.67. The second-order valence-corrected chi connectivity index (χ2v) is 4.66. The average Bonchev–Trinajstić information content (AvgIpc) is 2.15. The number of hydrogen-bond donors (Lipinski definition) is 1. The lowest BCUT2D eigenvalue weighted by atomic mass is 9.82. The van der Waals surface area contributed by atoms with Crippen LogP contribution in [0.15, 0.2) is 0 Å². The SMILES string of the molecule is C#CCNC1CC2CCCC(C1)N2C. The highest BCUT2D eigenvalue weighted by molar-refractivity contribution is 4.96. The first kappa shape index (κ1) is 10.0. The minimum absolute atomic E-state index is 0.664. The largest absolute Gasteiger partial charge is 0.303 e. The van der Waals surface area contributed by atoms with Crippen LogP contribution in [0.3, 0.4) is 0 Å². The monoisotopic (exact) mass is 192 g/mol. The topological polar surface area (TPSA) is 15.3 Å². The van der Waals surface area contributed by atoms with Crippen LogP contribution in [0.2, 0.25) is 0 Å². The number of rotatable bonds is 2. The Hall–Kier alpha value is -0.520. The lowest BCUT2D eigenvalue weighted by molar-refractivity contribution is 0.0496. The van der Waals surface area contributed by atoms with E-state index in [0.717, 1.165) is 18.6 Å². The van der Waals surface area contributed by atoms with Crippen molar-refractivity contribution < 1.29 is 0 Å². The zero-order chi connectivity index (χ0) is 9.97. The summed E-state index contributed by atoms with van der Waals surface area (Å²) in [7, 11) is 2.28. The Morgan fingerprint density at radius 1 is 1.36 bits per heavy atom. The molecule has 2 aliphatic heterocycles. The van der Waals surface area contributed by atoms with Gasteiger partial charge in [0.2, 0.25) is 0 Å². The molecule has 0 spiro atoms. The molecule has 0 aromatic heterocycles. The third-order valence-corrected chi connectivity index (χ3v) is 3.83. The number of piperidine rings is 2. The van der Waals surface area contributed by atoms with Crippen LogP contribution in [0, 0.1) is 12.3 Å². The molecule has 0 amide bonds. The molecule has 2 nitrogen and oxygen atoms in total. The maximum Gasteiger partial charge on any atom is 0.0575 e. The highest BCUT2D eigenvalue weighted by atomic mass is 15.2. The quantitative estimate of drug-likeness (QED) is 0.662. The zero-order valence-electron chi connectivity index (χ0n) is 9.00. The van der Waals surface area contributed by atoms with Crippen molar-refractivity contribution in [1.29, 1.82) is 0 Å². The average molecular weight is 192 g/mol. The van der Waals surface area contributed by atoms with Gasteiger partial charge < -0.3 is 10.2 Å². The first-order chi connectivity index (χ1) is 6.81. The fourth-order valence-electron chi connectivity index (χ4n) is 2.99. The Morgan fingerprint density at radius 3 is 2.57 bits per heavy atom. The van der Waals surface area contributed by atoms with Gasteiger partial charge in [0.15, 0.2) is 0 Å². The highest BCUT2D eigenvalue weighted by Crippen LogP contribution is 2.32. The molecule has 2 unspecified atom stereocenters. The van der Waals surface area contributed by atoms with Crippen molar-refractivity contribution in [2.24, 2.45) is 0 Å². The number of nitrogens with zero attached hydrogens (tertiary/aromatic N) is 1. The summed E-state index contributed by atoms with van der Waals surface area (Å²) in [5, 5.41) is 3.46. The van der Waals surface area contributed by atoms with Crippen LogP contribution in [-0.2, 0) is 0 Å². The van der Waals surface area contributed by atoms with Gasteiger partial charge in [0, 0.05) is 18.1 Å². The predicted molar refractivity (Wildman–Crippen MR) is 59.0 cm³/mol. The van der Waals surface area contributed by atoms with Crippen molar-refractivity contribution in [1.82, 2.24) is 10.2 Å². The molecule has 0 aromatic carbocycles. The van der Waals surface area contributed by atoms with Gasteiger partial charge in [-0.05, 0) is 32.7 Å². The molecule has 14 heavy (non-hydrogen) atoms. The van der Waals surface area contributed by atoms with E-state index in [2.05, 4.69) is 23.2 Å². The normalized spacial score (nSPS) is 37.9. The summed E-state index contributed by atoms with van der Waals surface area (Å²) in [5.41, 5.74) is 0. The first-order valence-corrected chi connectivity index (χ1v) is 5.70. The molecule has 0 aromatic rings. The second-order valence-electron chi connectivity index (χ2n) is 4.66. The van der Waals surface area contributed by atoms with E-state index in [1.54, 1.807) is 0 Å². The van der Waals surface area contributed by atoms with Crippen molar-refractivity contribution >= 4 is 0 Å². The Morgan fingerprint density at radius 2 is 2.00 bits per heavy atom. The van der Waals surface area contributed by atoms with E-state index in [1.807, 2.05) is 0 Å². The minimum Gasteiger partial charge on any atom is -0.303 e. The Bertz CT molecular complexity index is 217. The van der Waals surface area contributed by atoms with Gasteiger partial charge in [0.25, 0.3) is 0 Å². The van der Waals surface area contributed by atoms with E-state index in [1.165, 1.54) is 32.1 Å². The van der Waals surface area contributed by atoms with Gasteiger partial charge in [0.05, 0.1) is 6.54 Å². The van der Waals surface area contributed by atoms with E-state index >= 15 is 0 Å². The predicted octanol–water partition coefficient (Wildman–Crippen LogP) is 1.22. The molecule has 2 rings (SSSR count). The minimum atomic E-state index is 0.664. The summed E-state index contributed by atoms with van der Waals surface area (Å²) < 4.78 is 0. The molecule has 2 aliphatic rings. The summed E-state index contributed by atoms with van der Waals surface area (Å²) >= 11 is 0. The molecule has 0 aliphatic carbocycles. The van der Waals surface area contributed by atoms with Crippen LogP contribution < -0.4 is 5.32 Å². The third-order valence-electron chi connectivity index (χ3n) is 3.83. The molecule has 0 radical (unpaired) electrons. The first-order valence-electron chi connectivity index (χ1n) is 5.70. The molecule has 2 fully saturated rings. The van der Waals surface area contributed by atoms with Crippen molar-refractivity contribution in [2.45, 2.75) is 50.2 Å². The van der Waals surface area contributed by atoms with Crippen molar-refractivity contribution in [2.75, 3.05) is 13.6 Å². The van der Waals surface area contributed by atoms with E-state index in [-0.39, 0.29) is 0 Å². The maximum absolute atomic E-state index is 5.27. The molecular weight excluding hydrogens is 172 g/mol. The van der Waals surface area contributed by atoms with Crippen LogP contribution in [0.1, 0.15) is 32.1 Å². The molecule has 1 N–H and O–H groups in total. The summed E-state index contributed by atoms with van der Waals surface area (Å²) in [6, 6.07) is 2.27. The van der Waals surface area contributed by atoms with Crippen LogP contribution in [0.25, 0.3) is 0 Å². The van der Waals surface area contributed by atoms with Gasteiger partial charge in [-0.1, -0.05) is 12.3 Å². The molecule has 0 saturated carbocycles. The van der Waals surface area contributed by atoms with Crippen molar-refractivity contribution in [3.05, 3.63) is 0 Å². The maximum atomic E-state index is 5.27. The molecule has 2 atom stereocenters. The zero-order valence-corrected chi connectivity index (χ0v) is 9.00. The Labute approximate surface area is 87.1 Å². The van der Waals surface area contributed by atoms with Gasteiger partial charge in [-0.3, -0.25) is 0 Å². The van der Waals surface area contributed by atoms with Gasteiger partial charge in [-0.2, -0.15) is 0 Å². The lowest BCUT2D eigenvalue weighted by Crippen LogP contribution is -2.54. The van der Waals surface area contributed by atoms with Gasteiger partial charge in [-0.15, -0.1) is 6.42 Å². The molecule has 2 bridgehead atoms. The van der Waals surface area contributed by atoms with E-state index < -0.39 is 0 Å². The third kappa shape index (κ3) is 1.94. The number of fused-ring (bicyclic) bond motifs is 2. The van der Waals surface area contributed by atoms with Crippen LogP contribution >= 0.6 is 0 Å². The van der Waals surface area contributed by atoms with E-state index in [9.17, 15) is 0 Å². The molecular formula is C12H20N2. The number of terminal acetylenes is 1. The standard InChI is InChI=1S/C12H20N2/c1-3-7-13-10-8-11-5-4-6-12(9-10)14(11)2/h1,10-13H,4-9H2,2H3. The number of hydrogen-bond acceptors (Lipinski definition) is 2. The Kier molecular flexibility index (Phi) is 3.10. The van der Waals surface area contributed by atoms with Crippen molar-refractivity contribution in [3.63, 3.8) is 0 Å². The molecule has 2 saturated heterocycles. The fourth-order valence-corrected chi connectivity index (χ4v) is 2.99. The summed E-state index contributed by atoms with van der Waals surface area (Å²) in [6.07, 6.45) is 12.0. The van der Waals surface area contributed by atoms with Gasteiger partial charge in [-0.25, -0.2) is 0 Å². The summed E-state index contributed by atoms with van der Waals surface area (Å²) in [4.78, 5) is 2.58. The molecule has 78 valence electrons. The lowest BCUT2D eigenvalue weighted by Gasteiger charge is -2.47. The highest BCUT2D eigenvalue weighted by Gasteiger charge is 2.35. The van der Waals surface area contributed by atoms with E-state index in [4.69, 9.17) is 6.42 Å². The van der Waals surface area contributed by atoms with Crippen LogP contribution in [0.5, 0.6) is 0 Å². The Balaban J connectivity index is 1.91. The summed E-state index contributed by atoms with van der Waals surface area (Å²) in [6.45, 7) is 0.730. The second kappa shape index (κ2) is 4.33. The molecule has 2 heterocycles. The van der Waals surface area contributed by atoms with Gasteiger partial charge >= 0.3 is 0 Å². The van der Waals surface area contributed by atoms with Crippen LogP contribution in [0.4, 0.5) is 0 Å².